The van der Waals surface area contributed by atoms with E-state index in [0.29, 0.717) is 13.2 Å². The molecular weight excluding hydrogens is 236 g/mol. The summed E-state index contributed by atoms with van der Waals surface area (Å²) in [7, 11) is 4.08. The maximum Gasteiger partial charge on any atom is 0.0933 e. The van der Waals surface area contributed by atoms with E-state index in [0.717, 1.165) is 5.56 Å². The number of hydrogen-bond acceptors (Lipinski definition) is 3. The van der Waals surface area contributed by atoms with Crippen LogP contribution < -0.4 is 10.4 Å². The molecule has 0 aliphatic carbocycles. The molecule has 2 aromatic rings. The highest BCUT2D eigenvalue weighted by Crippen LogP contribution is 2.12. The summed E-state index contributed by atoms with van der Waals surface area (Å²) in [4.78, 5) is 7.53. The normalized spacial score (nSPS) is 10.4. The van der Waals surface area contributed by atoms with Crippen LogP contribution >= 0.6 is 0 Å². The molecule has 2 aromatic carbocycles. The van der Waals surface area contributed by atoms with Crippen LogP contribution in [0, 0.1) is 0 Å². The van der Waals surface area contributed by atoms with Gasteiger partial charge in [0.1, 0.15) is 0 Å². The van der Waals surface area contributed by atoms with Gasteiger partial charge in [0.25, 0.3) is 0 Å². The molecule has 0 aliphatic heterocycles. The van der Waals surface area contributed by atoms with Crippen molar-refractivity contribution in [1.29, 1.82) is 0 Å². The molecule has 0 aliphatic rings. The van der Waals surface area contributed by atoms with Gasteiger partial charge in [0, 0.05) is 26.3 Å². The van der Waals surface area contributed by atoms with Crippen molar-refractivity contribution in [3.8, 4) is 0 Å². The van der Waals surface area contributed by atoms with Crippen molar-refractivity contribution in [2.45, 2.75) is 13.2 Å². The molecule has 2 rings (SSSR count). The minimum absolute atomic E-state index is 0.580. The standard InChI is InChI=1S/C16H20N2O/c1-18(2)16-10-8-14(9-11-16)12-17-19-13-15-6-4-3-5-7-15/h3-11,17H,12-13H2,1-2H3. The van der Waals surface area contributed by atoms with Gasteiger partial charge in [-0.1, -0.05) is 42.5 Å². The predicted molar refractivity (Wildman–Crippen MR) is 78.8 cm³/mol. The van der Waals surface area contributed by atoms with Gasteiger partial charge in [-0.15, -0.1) is 0 Å². The quantitative estimate of drug-likeness (QED) is 0.635. The molecule has 0 atom stereocenters. The SMILES string of the molecule is CN(C)c1ccc(CNOCc2ccccc2)cc1. The fraction of sp³-hybridized carbons (Fsp3) is 0.250. The van der Waals surface area contributed by atoms with Gasteiger partial charge in [0.2, 0.25) is 0 Å². The number of hydrogen-bond donors (Lipinski definition) is 1. The van der Waals surface area contributed by atoms with Gasteiger partial charge >= 0.3 is 0 Å². The van der Waals surface area contributed by atoms with E-state index in [9.17, 15) is 0 Å². The number of anilines is 1. The van der Waals surface area contributed by atoms with Crippen LogP contribution in [0.15, 0.2) is 54.6 Å². The lowest BCUT2D eigenvalue weighted by molar-refractivity contribution is 0.0235. The Labute approximate surface area is 114 Å². The van der Waals surface area contributed by atoms with Crippen LogP contribution in [-0.2, 0) is 18.0 Å². The van der Waals surface area contributed by atoms with Gasteiger partial charge in [-0.2, -0.15) is 5.48 Å². The smallest absolute Gasteiger partial charge is 0.0933 e. The third kappa shape index (κ3) is 4.39. The molecular formula is C16H20N2O. The van der Waals surface area contributed by atoms with Crippen molar-refractivity contribution in [2.75, 3.05) is 19.0 Å². The van der Waals surface area contributed by atoms with E-state index in [-0.39, 0.29) is 0 Å². The van der Waals surface area contributed by atoms with E-state index < -0.39 is 0 Å². The summed E-state index contributed by atoms with van der Waals surface area (Å²) < 4.78 is 0. The number of nitrogens with one attached hydrogen (secondary N) is 1. The molecule has 0 saturated heterocycles. The van der Waals surface area contributed by atoms with E-state index in [2.05, 4.69) is 34.6 Å². The molecule has 3 heteroatoms. The zero-order valence-electron chi connectivity index (χ0n) is 11.5. The van der Waals surface area contributed by atoms with Gasteiger partial charge in [-0.25, -0.2) is 0 Å². The molecule has 0 amide bonds. The first-order chi connectivity index (χ1) is 9.25. The first kappa shape index (κ1) is 13.6. The van der Waals surface area contributed by atoms with Crippen LogP contribution in [0.25, 0.3) is 0 Å². The van der Waals surface area contributed by atoms with Gasteiger partial charge < -0.3 is 4.90 Å². The fourth-order valence-electron chi connectivity index (χ4n) is 1.75. The van der Waals surface area contributed by atoms with E-state index in [1.807, 2.05) is 44.4 Å². The second kappa shape index (κ2) is 6.92. The van der Waals surface area contributed by atoms with E-state index in [1.54, 1.807) is 0 Å². The monoisotopic (exact) mass is 256 g/mol. The van der Waals surface area contributed by atoms with Crippen LogP contribution in [0.2, 0.25) is 0 Å². The Hall–Kier alpha value is -1.84. The van der Waals surface area contributed by atoms with Gasteiger partial charge in [-0.3, -0.25) is 4.84 Å². The first-order valence-electron chi connectivity index (χ1n) is 6.40. The minimum atomic E-state index is 0.580. The molecule has 0 bridgehead atoms. The highest BCUT2D eigenvalue weighted by atomic mass is 16.6. The molecule has 0 fully saturated rings. The van der Waals surface area contributed by atoms with E-state index >= 15 is 0 Å². The Morgan fingerprint density at radius 1 is 0.895 bits per heavy atom. The Kier molecular flexibility index (Phi) is 4.95. The zero-order valence-corrected chi connectivity index (χ0v) is 11.5. The maximum absolute atomic E-state index is 5.44. The average Bonchev–Trinajstić information content (AvgIpc) is 2.45. The number of hydroxylamine groups is 1. The average molecular weight is 256 g/mol. The Morgan fingerprint density at radius 2 is 1.58 bits per heavy atom. The summed E-state index contributed by atoms with van der Waals surface area (Å²) in [6.07, 6.45) is 0. The minimum Gasteiger partial charge on any atom is -0.378 e. The van der Waals surface area contributed by atoms with Crippen molar-refractivity contribution >= 4 is 5.69 Å². The van der Waals surface area contributed by atoms with E-state index in [4.69, 9.17) is 4.84 Å². The molecule has 0 heterocycles. The van der Waals surface area contributed by atoms with Crippen LogP contribution in [0.3, 0.4) is 0 Å². The molecule has 0 saturated carbocycles. The fourth-order valence-corrected chi connectivity index (χ4v) is 1.75. The van der Waals surface area contributed by atoms with Gasteiger partial charge in [0.15, 0.2) is 0 Å². The largest absolute Gasteiger partial charge is 0.378 e. The lowest BCUT2D eigenvalue weighted by Crippen LogP contribution is -2.14. The molecule has 0 aromatic heterocycles. The van der Waals surface area contributed by atoms with Crippen LogP contribution in [0.1, 0.15) is 11.1 Å². The van der Waals surface area contributed by atoms with E-state index in [1.165, 1.54) is 11.3 Å². The van der Waals surface area contributed by atoms with Crippen molar-refractivity contribution in [2.24, 2.45) is 0 Å². The second-order valence-electron chi connectivity index (χ2n) is 4.66. The summed E-state index contributed by atoms with van der Waals surface area (Å²) in [5, 5.41) is 0. The molecule has 3 nitrogen and oxygen atoms in total. The molecule has 0 spiro atoms. The Bertz CT molecular complexity index is 480. The van der Waals surface area contributed by atoms with Gasteiger partial charge in [-0.05, 0) is 23.3 Å². The second-order valence-corrected chi connectivity index (χ2v) is 4.66. The van der Waals surface area contributed by atoms with Gasteiger partial charge in [0.05, 0.1) is 6.61 Å². The predicted octanol–water partition coefficient (Wildman–Crippen LogP) is 2.97. The Morgan fingerprint density at radius 3 is 2.21 bits per heavy atom. The third-order valence-corrected chi connectivity index (χ3v) is 2.91. The molecule has 100 valence electrons. The summed E-state index contributed by atoms with van der Waals surface area (Å²) in [5.74, 6) is 0. The lowest BCUT2D eigenvalue weighted by atomic mass is 10.2. The van der Waals surface area contributed by atoms with Crippen molar-refractivity contribution in [3.63, 3.8) is 0 Å². The number of nitrogens with zero attached hydrogens (tertiary/aromatic N) is 1. The molecule has 1 N–H and O–H groups in total. The molecule has 19 heavy (non-hydrogen) atoms. The van der Waals surface area contributed by atoms with Crippen molar-refractivity contribution in [3.05, 3.63) is 65.7 Å². The number of rotatable bonds is 6. The van der Waals surface area contributed by atoms with Crippen LogP contribution in [0.4, 0.5) is 5.69 Å². The third-order valence-electron chi connectivity index (χ3n) is 2.91. The topological polar surface area (TPSA) is 24.5 Å². The summed E-state index contributed by atoms with van der Waals surface area (Å²) in [5.41, 5.74) is 6.56. The number of benzene rings is 2. The molecule has 0 radical (unpaired) electrons. The van der Waals surface area contributed by atoms with Crippen molar-refractivity contribution in [1.82, 2.24) is 5.48 Å². The lowest BCUT2D eigenvalue weighted by Gasteiger charge is -2.13. The van der Waals surface area contributed by atoms with Crippen LogP contribution in [-0.4, -0.2) is 14.1 Å². The van der Waals surface area contributed by atoms with Crippen LogP contribution in [0.5, 0.6) is 0 Å². The summed E-state index contributed by atoms with van der Waals surface area (Å²) in [6.45, 7) is 1.29. The Balaban J connectivity index is 1.74. The highest BCUT2D eigenvalue weighted by molar-refractivity contribution is 5.45. The zero-order chi connectivity index (χ0) is 13.5. The summed E-state index contributed by atoms with van der Waals surface area (Å²) >= 11 is 0. The summed E-state index contributed by atoms with van der Waals surface area (Å²) in [6, 6.07) is 18.5. The first-order valence-corrected chi connectivity index (χ1v) is 6.40. The highest BCUT2D eigenvalue weighted by Gasteiger charge is 1.96. The maximum atomic E-state index is 5.44. The molecule has 0 unspecified atom stereocenters. The van der Waals surface area contributed by atoms with Crippen molar-refractivity contribution < 1.29 is 4.84 Å².